The van der Waals surface area contributed by atoms with Crippen molar-refractivity contribution < 1.29 is 23.9 Å². The lowest BCUT2D eigenvalue weighted by atomic mass is 9.75. The Kier molecular flexibility index (Phi) is 5.07. The summed E-state index contributed by atoms with van der Waals surface area (Å²) in [6.07, 6.45) is -0.392. The molecule has 0 spiro atoms. The van der Waals surface area contributed by atoms with E-state index < -0.39 is 23.1 Å². The van der Waals surface area contributed by atoms with E-state index in [1.54, 1.807) is 54.6 Å². The summed E-state index contributed by atoms with van der Waals surface area (Å²) in [6.45, 7) is 2.95. The molecule has 1 saturated heterocycles. The van der Waals surface area contributed by atoms with Gasteiger partial charge in [0, 0.05) is 30.9 Å². The molecule has 2 aromatic carbocycles. The number of benzene rings is 2. The van der Waals surface area contributed by atoms with Crippen LogP contribution >= 0.6 is 11.6 Å². The van der Waals surface area contributed by atoms with Gasteiger partial charge in [-0.25, -0.2) is 0 Å². The van der Waals surface area contributed by atoms with Gasteiger partial charge in [0.25, 0.3) is 5.79 Å². The Hall–Kier alpha value is -2.66. The predicted molar refractivity (Wildman–Crippen MR) is 99.2 cm³/mol. The van der Waals surface area contributed by atoms with Crippen LogP contribution in [0.4, 0.5) is 0 Å². The fraction of sp³-hybridized carbons (Fsp3) is 0.286. The van der Waals surface area contributed by atoms with Crippen molar-refractivity contribution in [1.29, 1.82) is 0 Å². The molecule has 3 rings (SSSR count). The summed E-state index contributed by atoms with van der Waals surface area (Å²) in [4.78, 5) is 38.6. The molecule has 2 aromatic rings. The second-order valence-corrected chi connectivity index (χ2v) is 7.47. The van der Waals surface area contributed by atoms with Crippen molar-refractivity contribution in [3.05, 3.63) is 70.7 Å². The van der Waals surface area contributed by atoms with Crippen LogP contribution in [0, 0.1) is 5.41 Å². The molecule has 0 saturated carbocycles. The van der Waals surface area contributed by atoms with Crippen LogP contribution < -0.4 is 0 Å². The van der Waals surface area contributed by atoms with Crippen LogP contribution in [-0.4, -0.2) is 23.5 Å². The van der Waals surface area contributed by atoms with Gasteiger partial charge in [0.05, 0.1) is 0 Å². The summed E-state index contributed by atoms with van der Waals surface area (Å²) in [5, 5.41) is 0.468. The number of cyclic esters (lactones) is 2. The number of halogens is 1. The Labute approximate surface area is 162 Å². The quantitative estimate of drug-likeness (QED) is 0.441. The van der Waals surface area contributed by atoms with Crippen LogP contribution in [0.1, 0.15) is 36.2 Å². The highest BCUT2D eigenvalue weighted by Gasteiger charge is 2.57. The van der Waals surface area contributed by atoms with Gasteiger partial charge in [0.1, 0.15) is 0 Å². The van der Waals surface area contributed by atoms with Gasteiger partial charge < -0.3 is 9.47 Å². The van der Waals surface area contributed by atoms with Crippen LogP contribution in [0.3, 0.4) is 0 Å². The van der Waals surface area contributed by atoms with Crippen molar-refractivity contribution in [3.63, 3.8) is 0 Å². The van der Waals surface area contributed by atoms with Gasteiger partial charge in [-0.05, 0) is 24.1 Å². The van der Waals surface area contributed by atoms with Crippen molar-refractivity contribution in [1.82, 2.24) is 0 Å². The highest BCUT2D eigenvalue weighted by Crippen LogP contribution is 2.39. The number of rotatable bonds is 5. The zero-order valence-electron chi connectivity index (χ0n) is 15.0. The number of hydrogen-bond donors (Lipinski definition) is 0. The molecule has 0 aliphatic carbocycles. The SMILES string of the molecule is CC1(C)OC(=O)C(CC(=O)c2ccccc2)(Cc2cccc(Cl)c2)C(=O)O1. The maximum absolute atomic E-state index is 12.9. The van der Waals surface area contributed by atoms with Crippen molar-refractivity contribution in [2.45, 2.75) is 32.5 Å². The van der Waals surface area contributed by atoms with Crippen LogP contribution in [0.15, 0.2) is 54.6 Å². The van der Waals surface area contributed by atoms with Gasteiger partial charge in [-0.2, -0.15) is 0 Å². The Morgan fingerprint density at radius 2 is 1.59 bits per heavy atom. The molecule has 1 aliphatic heterocycles. The van der Waals surface area contributed by atoms with E-state index in [4.69, 9.17) is 21.1 Å². The molecule has 140 valence electrons. The summed E-state index contributed by atoms with van der Waals surface area (Å²) in [5.41, 5.74) is -0.710. The molecule has 0 atom stereocenters. The van der Waals surface area contributed by atoms with Gasteiger partial charge in [-0.3, -0.25) is 14.4 Å². The fourth-order valence-electron chi connectivity index (χ4n) is 3.09. The van der Waals surface area contributed by atoms with E-state index in [0.717, 1.165) is 0 Å². The van der Waals surface area contributed by atoms with E-state index in [1.165, 1.54) is 13.8 Å². The lowest BCUT2D eigenvalue weighted by Crippen LogP contribution is -2.55. The highest BCUT2D eigenvalue weighted by molar-refractivity contribution is 6.30. The van der Waals surface area contributed by atoms with Crippen LogP contribution in [-0.2, 0) is 25.5 Å². The maximum atomic E-state index is 12.9. The minimum absolute atomic E-state index is 0.0418. The molecular weight excluding hydrogens is 368 g/mol. The predicted octanol–water partition coefficient (Wildman–Crippen LogP) is 3.98. The second kappa shape index (κ2) is 7.16. The second-order valence-electron chi connectivity index (χ2n) is 7.03. The Morgan fingerprint density at radius 3 is 2.19 bits per heavy atom. The monoisotopic (exact) mass is 386 g/mol. The summed E-state index contributed by atoms with van der Waals surface area (Å²) in [6, 6.07) is 15.3. The van der Waals surface area contributed by atoms with Gasteiger partial charge in [-0.15, -0.1) is 0 Å². The van der Waals surface area contributed by atoms with E-state index in [-0.39, 0.29) is 18.6 Å². The molecule has 27 heavy (non-hydrogen) atoms. The van der Waals surface area contributed by atoms with E-state index in [1.807, 2.05) is 0 Å². The molecule has 1 fully saturated rings. The number of ketones is 1. The first-order valence-corrected chi connectivity index (χ1v) is 8.89. The van der Waals surface area contributed by atoms with E-state index in [9.17, 15) is 14.4 Å². The van der Waals surface area contributed by atoms with Crippen molar-refractivity contribution in [2.75, 3.05) is 0 Å². The first-order chi connectivity index (χ1) is 12.7. The first-order valence-electron chi connectivity index (χ1n) is 8.51. The van der Waals surface area contributed by atoms with Crippen molar-refractivity contribution >= 4 is 29.3 Å². The Morgan fingerprint density at radius 1 is 0.963 bits per heavy atom. The average Bonchev–Trinajstić information content (AvgIpc) is 2.59. The van der Waals surface area contributed by atoms with Gasteiger partial charge in [0.15, 0.2) is 11.2 Å². The third kappa shape index (κ3) is 4.03. The number of carbonyl (C=O) groups excluding carboxylic acids is 3. The molecule has 1 aliphatic rings. The zero-order valence-corrected chi connectivity index (χ0v) is 15.8. The normalized spacial score (nSPS) is 17.7. The molecule has 0 bridgehead atoms. The molecule has 1 heterocycles. The smallest absolute Gasteiger partial charge is 0.327 e. The summed E-state index contributed by atoms with van der Waals surface area (Å²) < 4.78 is 10.7. The molecule has 0 N–H and O–H groups in total. The third-order valence-corrected chi connectivity index (χ3v) is 4.65. The number of hydrogen-bond acceptors (Lipinski definition) is 5. The molecule has 5 nitrogen and oxygen atoms in total. The standard InChI is InChI=1S/C21H19ClO5/c1-20(2)26-18(24)21(19(25)27-20,12-14-7-6-10-16(22)11-14)13-17(23)15-8-4-3-5-9-15/h3-11H,12-13H2,1-2H3. The van der Waals surface area contributed by atoms with Crippen LogP contribution in [0.2, 0.25) is 5.02 Å². The van der Waals surface area contributed by atoms with Crippen molar-refractivity contribution in [2.24, 2.45) is 5.41 Å². The minimum atomic E-state index is -1.76. The van der Waals surface area contributed by atoms with E-state index >= 15 is 0 Å². The summed E-state index contributed by atoms with van der Waals surface area (Å²) >= 11 is 6.03. The molecule has 0 aromatic heterocycles. The topological polar surface area (TPSA) is 69.7 Å². The lowest BCUT2D eigenvalue weighted by molar-refractivity contribution is -0.250. The van der Waals surface area contributed by atoms with Gasteiger partial charge in [0.2, 0.25) is 0 Å². The van der Waals surface area contributed by atoms with Crippen LogP contribution in [0.25, 0.3) is 0 Å². The Balaban J connectivity index is 1.99. The number of carbonyl (C=O) groups is 3. The number of ether oxygens (including phenoxy) is 2. The number of Topliss-reactive ketones (excluding diaryl/α,β-unsaturated/α-hetero) is 1. The summed E-state index contributed by atoms with van der Waals surface area (Å²) in [7, 11) is 0. The Bertz CT molecular complexity index is 868. The lowest BCUT2D eigenvalue weighted by Gasteiger charge is -2.40. The summed E-state index contributed by atoms with van der Waals surface area (Å²) in [5.74, 6) is -3.26. The maximum Gasteiger partial charge on any atom is 0.327 e. The zero-order chi connectivity index (χ0) is 19.7. The molecule has 0 radical (unpaired) electrons. The van der Waals surface area contributed by atoms with E-state index in [0.29, 0.717) is 16.1 Å². The highest BCUT2D eigenvalue weighted by atomic mass is 35.5. The minimum Gasteiger partial charge on any atom is -0.422 e. The van der Waals surface area contributed by atoms with E-state index in [2.05, 4.69) is 0 Å². The molecule has 0 unspecified atom stereocenters. The fourth-order valence-corrected chi connectivity index (χ4v) is 3.31. The third-order valence-electron chi connectivity index (χ3n) is 4.41. The average molecular weight is 387 g/mol. The van der Waals surface area contributed by atoms with Gasteiger partial charge in [-0.1, -0.05) is 54.1 Å². The van der Waals surface area contributed by atoms with Gasteiger partial charge >= 0.3 is 11.9 Å². The molecular formula is C21H19ClO5. The van der Waals surface area contributed by atoms with Crippen LogP contribution in [0.5, 0.6) is 0 Å². The van der Waals surface area contributed by atoms with Crippen molar-refractivity contribution in [3.8, 4) is 0 Å². The number of esters is 2. The molecule has 6 heteroatoms. The first kappa shape index (κ1) is 19.1. The molecule has 0 amide bonds. The largest absolute Gasteiger partial charge is 0.422 e.